The van der Waals surface area contributed by atoms with E-state index in [2.05, 4.69) is 15.2 Å². The maximum absolute atomic E-state index is 12.6. The second-order valence-corrected chi connectivity index (χ2v) is 7.85. The van der Waals surface area contributed by atoms with E-state index in [0.29, 0.717) is 0 Å². The van der Waals surface area contributed by atoms with Crippen molar-refractivity contribution in [3.8, 4) is 5.75 Å². The average Bonchev–Trinajstić information content (AvgIpc) is 2.72. The molecule has 0 saturated carbocycles. The Labute approximate surface area is 183 Å². The van der Waals surface area contributed by atoms with E-state index < -0.39 is 41.0 Å². The fraction of sp³-hybridized carbons (Fsp3) is 0.235. The van der Waals surface area contributed by atoms with Crippen molar-refractivity contribution in [1.29, 1.82) is 0 Å². The Morgan fingerprint density at radius 1 is 1.39 bits per heavy atom. The number of ether oxygens (including phenoxy) is 1. The number of nitrogens with zero attached hydrogens (tertiary/aromatic N) is 2. The highest BCUT2D eigenvalue weighted by Gasteiger charge is 2.54. The second kappa shape index (κ2) is 8.73. The van der Waals surface area contributed by atoms with Crippen LogP contribution in [0.4, 0.5) is 4.79 Å². The summed E-state index contributed by atoms with van der Waals surface area (Å²) < 4.78 is 4.63. The number of thioether (sulfide) groups is 1. The van der Waals surface area contributed by atoms with E-state index in [-0.39, 0.29) is 40.0 Å². The molecule has 3 amide bonds. The number of nitrogens with one attached hydrogen (secondary N) is 1. The maximum atomic E-state index is 12.6. The Bertz CT molecular complexity index is 1040. The van der Waals surface area contributed by atoms with Crippen LogP contribution in [-0.2, 0) is 19.1 Å². The average molecular weight is 471 g/mol. The number of halogens is 1. The summed E-state index contributed by atoms with van der Waals surface area (Å²) >= 11 is 6.95. The van der Waals surface area contributed by atoms with Gasteiger partial charge in [0.1, 0.15) is 29.5 Å². The highest BCUT2D eigenvalue weighted by Crippen LogP contribution is 2.40. The fourth-order valence-corrected chi connectivity index (χ4v) is 4.56. The first-order chi connectivity index (χ1) is 14.6. The van der Waals surface area contributed by atoms with Gasteiger partial charge in [0.25, 0.3) is 11.8 Å². The predicted octanol–water partition coefficient (Wildman–Crippen LogP) is 0.0578. The Morgan fingerprint density at radius 2 is 2.10 bits per heavy atom. The van der Waals surface area contributed by atoms with Crippen molar-refractivity contribution >= 4 is 53.0 Å². The molecule has 1 fully saturated rings. The summed E-state index contributed by atoms with van der Waals surface area (Å²) in [5.74, 6) is -3.14. The quantitative estimate of drug-likeness (QED) is 0.165. The number of phenols is 1. The van der Waals surface area contributed by atoms with Gasteiger partial charge in [-0.15, -0.1) is 11.8 Å². The van der Waals surface area contributed by atoms with Crippen LogP contribution in [0.25, 0.3) is 0 Å². The first-order valence-electron chi connectivity index (χ1n) is 8.49. The van der Waals surface area contributed by atoms with Crippen LogP contribution in [0, 0.1) is 0 Å². The minimum absolute atomic E-state index is 0.0814. The number of rotatable bonds is 6. The van der Waals surface area contributed by atoms with E-state index in [0.717, 1.165) is 16.7 Å². The molecule has 2 aliphatic rings. The third-order valence-electron chi connectivity index (χ3n) is 4.46. The van der Waals surface area contributed by atoms with Gasteiger partial charge < -0.3 is 31.2 Å². The molecule has 0 radical (unpaired) electrons. The molecule has 1 aromatic rings. The normalized spacial score (nSPS) is 20.6. The molecule has 6 N–H and O–H groups in total. The van der Waals surface area contributed by atoms with E-state index in [1.807, 2.05) is 0 Å². The molecule has 2 aliphatic heterocycles. The van der Waals surface area contributed by atoms with Gasteiger partial charge in [0.05, 0.1) is 5.02 Å². The SMILES string of the molecule is NC(=O)OCC1=C(C(=O)O)N2C(=O)C(NC(=O)C(=NO)c3ccc(O)c(Cl)c3)[C@H]2SC1. The number of primary amides is 1. The molecule has 31 heavy (non-hydrogen) atoms. The van der Waals surface area contributed by atoms with Crippen molar-refractivity contribution in [1.82, 2.24) is 10.2 Å². The van der Waals surface area contributed by atoms with E-state index in [4.69, 9.17) is 17.3 Å². The molecular weight excluding hydrogens is 456 g/mol. The highest BCUT2D eigenvalue weighted by atomic mass is 35.5. The molecule has 0 aromatic heterocycles. The van der Waals surface area contributed by atoms with Gasteiger partial charge in [-0.05, 0) is 18.2 Å². The van der Waals surface area contributed by atoms with Crippen LogP contribution in [0.5, 0.6) is 5.75 Å². The molecule has 0 aliphatic carbocycles. The smallest absolute Gasteiger partial charge is 0.404 e. The zero-order chi connectivity index (χ0) is 22.9. The molecule has 2 atom stereocenters. The van der Waals surface area contributed by atoms with E-state index in [9.17, 15) is 34.6 Å². The minimum Gasteiger partial charge on any atom is -0.506 e. The zero-order valence-electron chi connectivity index (χ0n) is 15.4. The van der Waals surface area contributed by atoms with Crippen molar-refractivity contribution in [3.63, 3.8) is 0 Å². The van der Waals surface area contributed by atoms with Crippen LogP contribution in [0.1, 0.15) is 5.56 Å². The largest absolute Gasteiger partial charge is 0.506 e. The molecule has 2 heterocycles. The highest BCUT2D eigenvalue weighted by molar-refractivity contribution is 8.00. The number of β-lactam (4-membered cyclic amide) rings is 1. The molecule has 1 saturated heterocycles. The standard InChI is InChI=1S/C17H15ClN4O8S/c18-8-3-6(1-2-9(8)23)10(21-29)13(24)20-11-14(25)22-12(16(26)27)7(4-30-17(19)28)5-31-15(11)22/h1-3,11,15,23,29H,4-5H2,(H2,19,28)(H,20,24)(H,26,27)/t11?,15-/m1/s1. The topological polar surface area (TPSA) is 192 Å². The van der Waals surface area contributed by atoms with Crippen LogP contribution in [0.2, 0.25) is 5.02 Å². The summed E-state index contributed by atoms with van der Waals surface area (Å²) in [6.45, 7) is -0.388. The zero-order valence-corrected chi connectivity index (χ0v) is 17.0. The number of fused-ring (bicyclic) bond motifs is 1. The number of carbonyl (C=O) groups is 4. The first-order valence-corrected chi connectivity index (χ1v) is 9.92. The molecule has 164 valence electrons. The molecule has 1 unspecified atom stereocenters. The summed E-state index contributed by atoms with van der Waals surface area (Å²) in [5.41, 5.74) is 4.36. The van der Waals surface area contributed by atoms with Crippen molar-refractivity contribution in [2.24, 2.45) is 10.9 Å². The Balaban J connectivity index is 1.77. The lowest BCUT2D eigenvalue weighted by atomic mass is 10.0. The summed E-state index contributed by atoms with van der Waals surface area (Å²) in [6, 6.07) is 2.60. The number of hydrogen-bond acceptors (Lipinski definition) is 9. The van der Waals surface area contributed by atoms with Crippen LogP contribution in [0.3, 0.4) is 0 Å². The summed E-state index contributed by atoms with van der Waals surface area (Å²) in [6.07, 6.45) is -1.09. The van der Waals surface area contributed by atoms with Gasteiger partial charge in [-0.3, -0.25) is 14.5 Å². The lowest BCUT2D eigenvalue weighted by Gasteiger charge is -2.49. The Hall–Kier alpha value is -3.45. The van der Waals surface area contributed by atoms with E-state index in [1.54, 1.807) is 0 Å². The summed E-state index contributed by atoms with van der Waals surface area (Å²) in [7, 11) is 0. The van der Waals surface area contributed by atoms with Crippen molar-refractivity contribution in [2.45, 2.75) is 11.4 Å². The molecule has 0 spiro atoms. The van der Waals surface area contributed by atoms with Gasteiger partial charge in [0.15, 0.2) is 5.71 Å². The summed E-state index contributed by atoms with van der Waals surface area (Å²) in [4.78, 5) is 48.6. The van der Waals surface area contributed by atoms with Gasteiger partial charge in [0, 0.05) is 16.9 Å². The van der Waals surface area contributed by atoms with E-state index >= 15 is 0 Å². The monoisotopic (exact) mass is 470 g/mol. The number of hydrogen-bond donors (Lipinski definition) is 5. The predicted molar refractivity (Wildman–Crippen MR) is 107 cm³/mol. The fourth-order valence-electron chi connectivity index (χ4n) is 3.05. The van der Waals surface area contributed by atoms with Gasteiger partial charge >= 0.3 is 12.1 Å². The summed E-state index contributed by atoms with van der Waals surface area (Å²) in [5, 5.41) is 32.8. The van der Waals surface area contributed by atoms with Gasteiger partial charge in [-0.25, -0.2) is 9.59 Å². The maximum Gasteiger partial charge on any atom is 0.404 e. The van der Waals surface area contributed by atoms with Crippen molar-refractivity contribution < 1.29 is 39.3 Å². The third-order valence-corrected chi connectivity index (χ3v) is 6.10. The van der Waals surface area contributed by atoms with Gasteiger partial charge in [-0.1, -0.05) is 16.8 Å². The molecule has 14 heteroatoms. The van der Waals surface area contributed by atoms with Crippen LogP contribution < -0.4 is 11.1 Å². The first kappa shape index (κ1) is 22.2. The van der Waals surface area contributed by atoms with Crippen LogP contribution >= 0.6 is 23.4 Å². The number of benzene rings is 1. The number of aliphatic carboxylic acids is 1. The molecular formula is C17H15ClN4O8S. The van der Waals surface area contributed by atoms with Crippen molar-refractivity contribution in [2.75, 3.05) is 12.4 Å². The second-order valence-electron chi connectivity index (χ2n) is 6.34. The lowest BCUT2D eigenvalue weighted by Crippen LogP contribution is -2.71. The number of carboxylic acids is 1. The molecule has 1 aromatic carbocycles. The van der Waals surface area contributed by atoms with Crippen LogP contribution in [-0.4, -0.2) is 73.7 Å². The number of amides is 3. The van der Waals surface area contributed by atoms with Crippen LogP contribution in [0.15, 0.2) is 34.6 Å². The minimum atomic E-state index is -1.40. The number of carboxylic acid groups (broad SMARTS) is 1. The Kier molecular flexibility index (Phi) is 6.27. The number of aromatic hydroxyl groups is 1. The lowest BCUT2D eigenvalue weighted by molar-refractivity contribution is -0.150. The third kappa shape index (κ3) is 4.22. The van der Waals surface area contributed by atoms with Gasteiger partial charge in [0.2, 0.25) is 0 Å². The number of oxime groups is 1. The molecule has 12 nitrogen and oxygen atoms in total. The number of nitrogens with two attached hydrogens (primary N) is 1. The Morgan fingerprint density at radius 3 is 2.68 bits per heavy atom. The van der Waals surface area contributed by atoms with Gasteiger partial charge in [-0.2, -0.15) is 0 Å². The number of carbonyl (C=O) groups excluding carboxylic acids is 3. The van der Waals surface area contributed by atoms with E-state index in [1.165, 1.54) is 18.2 Å². The molecule has 0 bridgehead atoms. The van der Waals surface area contributed by atoms with Crippen molar-refractivity contribution in [3.05, 3.63) is 40.1 Å². The number of phenolic OH excluding ortho intramolecular Hbond substituents is 1. The molecule has 3 rings (SSSR count).